The van der Waals surface area contributed by atoms with E-state index in [-0.39, 0.29) is 35.4 Å². The lowest BCUT2D eigenvalue weighted by Crippen LogP contribution is -2.34. The van der Waals surface area contributed by atoms with Gasteiger partial charge in [0.2, 0.25) is 17.2 Å². The number of nitrogens with one attached hydrogen (secondary N) is 1. The Morgan fingerprint density at radius 3 is 2.79 bits per heavy atom. The van der Waals surface area contributed by atoms with Gasteiger partial charge >= 0.3 is 0 Å². The molecular weight excluding hydrogens is 434 g/mol. The number of fused-ring (bicyclic) bond motifs is 1. The Balaban J connectivity index is 1.51. The van der Waals surface area contributed by atoms with Gasteiger partial charge in [0.25, 0.3) is 5.89 Å². The first kappa shape index (κ1) is 22.0. The maximum Gasteiger partial charge on any atom is 0.263 e. The number of rotatable bonds is 6. The van der Waals surface area contributed by atoms with Gasteiger partial charge in [0.1, 0.15) is 17.8 Å². The van der Waals surface area contributed by atoms with Crippen molar-refractivity contribution in [3.05, 3.63) is 64.1 Å². The Morgan fingerprint density at radius 2 is 2.00 bits per heavy atom. The molecule has 0 saturated carbocycles. The molecule has 5 rings (SSSR count). The van der Waals surface area contributed by atoms with E-state index in [1.165, 1.54) is 0 Å². The lowest BCUT2D eigenvalue weighted by Gasteiger charge is -2.14. The second-order valence-corrected chi connectivity index (χ2v) is 8.50. The molecule has 9 heteroatoms. The number of carbonyl (C=O) groups excluding carboxylic acids is 1. The maximum absolute atomic E-state index is 13.3. The maximum atomic E-state index is 13.3. The largest absolute Gasteiger partial charge is 0.376 e. The van der Waals surface area contributed by atoms with Crippen LogP contribution in [0.25, 0.3) is 33.9 Å². The molecule has 1 aliphatic heterocycles. The topological polar surface area (TPSA) is 112 Å². The van der Waals surface area contributed by atoms with E-state index in [0.717, 1.165) is 36.3 Å². The normalized spacial score (nSPS) is 15.6. The Hall–Kier alpha value is -3.85. The number of hydrogen-bond acceptors (Lipinski definition) is 7. The van der Waals surface area contributed by atoms with Crippen molar-refractivity contribution >= 4 is 16.9 Å². The highest BCUT2D eigenvalue weighted by Crippen LogP contribution is 2.24. The van der Waals surface area contributed by atoms with Crippen LogP contribution in [0.5, 0.6) is 0 Å². The Bertz CT molecular complexity index is 1420. The van der Waals surface area contributed by atoms with Gasteiger partial charge in [-0.2, -0.15) is 4.98 Å². The zero-order valence-electron chi connectivity index (χ0n) is 19.1. The van der Waals surface area contributed by atoms with Gasteiger partial charge in [-0.15, -0.1) is 0 Å². The van der Waals surface area contributed by atoms with Crippen molar-refractivity contribution < 1.29 is 14.1 Å². The summed E-state index contributed by atoms with van der Waals surface area (Å²) in [5, 5.41) is 7.38. The van der Waals surface area contributed by atoms with E-state index >= 15 is 0 Å². The first-order chi connectivity index (χ1) is 16.5. The SMILES string of the molecule is Cc1ccc2c(=O)c(-c3nc(-c4ccccc4C)no3)cn(CC(=O)NCC3CCCO3)c2n1. The number of ether oxygens (including phenoxy) is 1. The zero-order chi connectivity index (χ0) is 23.7. The van der Waals surface area contributed by atoms with E-state index in [2.05, 4.69) is 20.4 Å². The lowest BCUT2D eigenvalue weighted by atomic mass is 10.1. The number of nitrogens with zero attached hydrogens (tertiary/aromatic N) is 4. The third-order valence-electron chi connectivity index (χ3n) is 5.97. The number of aryl methyl sites for hydroxylation is 2. The third-order valence-corrected chi connectivity index (χ3v) is 5.97. The van der Waals surface area contributed by atoms with E-state index in [1.54, 1.807) is 22.9 Å². The molecule has 1 unspecified atom stereocenters. The summed E-state index contributed by atoms with van der Waals surface area (Å²) in [5.74, 6) is 0.301. The highest BCUT2D eigenvalue weighted by molar-refractivity contribution is 5.83. The molecule has 0 aliphatic carbocycles. The molecule has 1 aromatic carbocycles. The summed E-state index contributed by atoms with van der Waals surface area (Å²) in [6.45, 7) is 4.97. The molecule has 3 aromatic heterocycles. The lowest BCUT2D eigenvalue weighted by molar-refractivity contribution is -0.122. The number of carbonyl (C=O) groups is 1. The Kier molecular flexibility index (Phi) is 5.93. The van der Waals surface area contributed by atoms with Crippen LogP contribution in [0.2, 0.25) is 0 Å². The molecule has 0 spiro atoms. The van der Waals surface area contributed by atoms with Crippen LogP contribution in [0, 0.1) is 13.8 Å². The van der Waals surface area contributed by atoms with Crippen LogP contribution in [0.3, 0.4) is 0 Å². The second-order valence-electron chi connectivity index (χ2n) is 8.50. The number of aromatic nitrogens is 4. The van der Waals surface area contributed by atoms with E-state index in [4.69, 9.17) is 9.26 Å². The average Bonchev–Trinajstić information content (AvgIpc) is 3.52. The van der Waals surface area contributed by atoms with Crippen LogP contribution in [0.15, 0.2) is 51.9 Å². The van der Waals surface area contributed by atoms with Crippen LogP contribution in [0.1, 0.15) is 24.1 Å². The smallest absolute Gasteiger partial charge is 0.263 e. The second kappa shape index (κ2) is 9.18. The fourth-order valence-electron chi connectivity index (χ4n) is 4.14. The molecule has 4 heterocycles. The number of hydrogen-bond donors (Lipinski definition) is 1. The fraction of sp³-hybridized carbons (Fsp3) is 0.320. The first-order valence-corrected chi connectivity index (χ1v) is 11.3. The highest BCUT2D eigenvalue weighted by atomic mass is 16.5. The van der Waals surface area contributed by atoms with Gasteiger partial charge < -0.3 is 19.1 Å². The third kappa shape index (κ3) is 4.34. The van der Waals surface area contributed by atoms with Crippen molar-refractivity contribution in [2.24, 2.45) is 0 Å². The van der Waals surface area contributed by atoms with Gasteiger partial charge in [-0.1, -0.05) is 29.4 Å². The number of amides is 1. The van der Waals surface area contributed by atoms with E-state index in [9.17, 15) is 9.59 Å². The number of benzene rings is 1. The van der Waals surface area contributed by atoms with Crippen molar-refractivity contribution in [1.82, 2.24) is 25.0 Å². The summed E-state index contributed by atoms with van der Waals surface area (Å²) in [4.78, 5) is 35.0. The Morgan fingerprint density at radius 1 is 1.15 bits per heavy atom. The summed E-state index contributed by atoms with van der Waals surface area (Å²) >= 11 is 0. The van der Waals surface area contributed by atoms with Gasteiger partial charge in [0.05, 0.1) is 11.5 Å². The van der Waals surface area contributed by atoms with Gasteiger partial charge in [-0.3, -0.25) is 9.59 Å². The van der Waals surface area contributed by atoms with Crippen LogP contribution in [-0.2, 0) is 16.1 Å². The monoisotopic (exact) mass is 459 g/mol. The summed E-state index contributed by atoms with van der Waals surface area (Å²) in [7, 11) is 0. The Labute approximate surface area is 195 Å². The minimum Gasteiger partial charge on any atom is -0.376 e. The molecule has 174 valence electrons. The molecule has 1 N–H and O–H groups in total. The molecule has 34 heavy (non-hydrogen) atoms. The van der Waals surface area contributed by atoms with Crippen LogP contribution in [0.4, 0.5) is 0 Å². The van der Waals surface area contributed by atoms with Crippen LogP contribution < -0.4 is 10.7 Å². The van der Waals surface area contributed by atoms with Gasteiger partial charge in [-0.25, -0.2) is 4.98 Å². The summed E-state index contributed by atoms with van der Waals surface area (Å²) in [6, 6.07) is 11.2. The molecule has 1 atom stereocenters. The molecule has 1 amide bonds. The average molecular weight is 460 g/mol. The van der Waals surface area contributed by atoms with Crippen molar-refractivity contribution in [1.29, 1.82) is 0 Å². The van der Waals surface area contributed by atoms with E-state index in [0.29, 0.717) is 23.4 Å². The minimum atomic E-state index is -0.279. The number of pyridine rings is 2. The summed E-state index contributed by atoms with van der Waals surface area (Å²) in [6.07, 6.45) is 3.56. The highest BCUT2D eigenvalue weighted by Gasteiger charge is 2.20. The van der Waals surface area contributed by atoms with Gasteiger partial charge in [0, 0.05) is 30.6 Å². The van der Waals surface area contributed by atoms with Crippen LogP contribution in [-0.4, -0.2) is 44.9 Å². The summed E-state index contributed by atoms with van der Waals surface area (Å²) < 4.78 is 12.7. The quantitative estimate of drug-likeness (QED) is 0.472. The molecule has 9 nitrogen and oxygen atoms in total. The molecule has 0 radical (unpaired) electrons. The summed E-state index contributed by atoms with van der Waals surface area (Å²) in [5.41, 5.74) is 2.93. The van der Waals surface area contributed by atoms with Crippen molar-refractivity contribution in [2.45, 2.75) is 39.3 Å². The molecule has 4 aromatic rings. The van der Waals surface area contributed by atoms with Crippen LogP contribution >= 0.6 is 0 Å². The van der Waals surface area contributed by atoms with Crippen molar-refractivity contribution in [3.63, 3.8) is 0 Å². The molecule has 1 aliphatic rings. The van der Waals surface area contributed by atoms with Crippen molar-refractivity contribution in [3.8, 4) is 22.8 Å². The molecule has 0 bridgehead atoms. The standard InChI is InChI=1S/C25H25N5O4/c1-15-6-3-4-8-18(15)23-28-25(34-29-23)20-13-30(14-21(31)26-12-17-7-5-11-33-17)24-19(22(20)32)10-9-16(2)27-24/h3-4,6,8-10,13,17H,5,7,11-12,14H2,1-2H3,(H,26,31). The minimum absolute atomic E-state index is 0.00819. The predicted octanol–water partition coefficient (Wildman–Crippen LogP) is 3.03. The molecular formula is C25H25N5O4. The van der Waals surface area contributed by atoms with Gasteiger partial charge in [0.15, 0.2) is 0 Å². The van der Waals surface area contributed by atoms with E-state index in [1.807, 2.05) is 38.1 Å². The van der Waals surface area contributed by atoms with E-state index < -0.39 is 0 Å². The zero-order valence-corrected chi connectivity index (χ0v) is 19.1. The molecule has 1 fully saturated rings. The van der Waals surface area contributed by atoms with Crippen molar-refractivity contribution in [2.75, 3.05) is 13.2 Å². The first-order valence-electron chi connectivity index (χ1n) is 11.3. The predicted molar refractivity (Wildman–Crippen MR) is 126 cm³/mol. The van der Waals surface area contributed by atoms with Gasteiger partial charge in [-0.05, 0) is 44.4 Å². The fourth-order valence-corrected chi connectivity index (χ4v) is 4.14. The molecule has 1 saturated heterocycles.